The summed E-state index contributed by atoms with van der Waals surface area (Å²) >= 11 is 0. The number of aryl methyl sites for hydroxylation is 1. The minimum atomic E-state index is 0.626. The van der Waals surface area contributed by atoms with E-state index in [1.807, 2.05) is 0 Å². The second kappa shape index (κ2) is 7.11. The third kappa shape index (κ3) is 3.42. The van der Waals surface area contributed by atoms with E-state index < -0.39 is 0 Å². The average molecular weight is 304 g/mol. The highest BCUT2D eigenvalue weighted by Gasteiger charge is 2.19. The van der Waals surface area contributed by atoms with Crippen molar-refractivity contribution in [2.24, 2.45) is 10.9 Å². The highest BCUT2D eigenvalue weighted by atomic mass is 15.3. The molecule has 1 aromatic heterocycles. The van der Waals surface area contributed by atoms with Crippen molar-refractivity contribution in [1.29, 1.82) is 0 Å². The summed E-state index contributed by atoms with van der Waals surface area (Å²) in [5.74, 6) is 4.01. The van der Waals surface area contributed by atoms with E-state index >= 15 is 0 Å². The SMILES string of the molecule is CCNC(=NCc1nnc2n1CCCC2)N1CCC(C)CC1. The Morgan fingerprint density at radius 2 is 2.05 bits per heavy atom. The summed E-state index contributed by atoms with van der Waals surface area (Å²) in [4.78, 5) is 7.21. The number of aliphatic imine (C=N–C) groups is 1. The van der Waals surface area contributed by atoms with Crippen LogP contribution in [0.3, 0.4) is 0 Å². The van der Waals surface area contributed by atoms with Crippen LogP contribution in [0.1, 0.15) is 51.2 Å². The van der Waals surface area contributed by atoms with Gasteiger partial charge in [-0.25, -0.2) is 4.99 Å². The molecule has 0 amide bonds. The van der Waals surface area contributed by atoms with Crippen molar-refractivity contribution in [3.8, 4) is 0 Å². The van der Waals surface area contributed by atoms with Gasteiger partial charge in [-0.2, -0.15) is 0 Å². The van der Waals surface area contributed by atoms with Crippen LogP contribution in [0.5, 0.6) is 0 Å². The van der Waals surface area contributed by atoms with Gasteiger partial charge in [0.1, 0.15) is 12.4 Å². The lowest BCUT2D eigenvalue weighted by Crippen LogP contribution is -2.45. The first-order valence-electron chi connectivity index (χ1n) is 8.72. The van der Waals surface area contributed by atoms with E-state index in [1.165, 1.54) is 25.7 Å². The normalized spacial score (nSPS) is 20.1. The Kier molecular flexibility index (Phi) is 4.95. The van der Waals surface area contributed by atoms with E-state index in [1.54, 1.807) is 0 Å². The second-order valence-electron chi connectivity index (χ2n) is 6.48. The lowest BCUT2D eigenvalue weighted by Gasteiger charge is -2.33. The molecule has 0 unspecified atom stereocenters. The highest BCUT2D eigenvalue weighted by Crippen LogP contribution is 2.17. The lowest BCUT2D eigenvalue weighted by atomic mass is 10.00. The molecule has 6 nitrogen and oxygen atoms in total. The topological polar surface area (TPSA) is 58.3 Å². The van der Waals surface area contributed by atoms with Crippen LogP contribution in [0, 0.1) is 5.92 Å². The summed E-state index contributed by atoms with van der Waals surface area (Å²) in [5.41, 5.74) is 0. The van der Waals surface area contributed by atoms with Crippen molar-refractivity contribution >= 4 is 5.96 Å². The van der Waals surface area contributed by atoms with E-state index in [2.05, 4.69) is 38.8 Å². The molecule has 0 atom stereocenters. The van der Waals surface area contributed by atoms with Crippen molar-refractivity contribution in [3.63, 3.8) is 0 Å². The van der Waals surface area contributed by atoms with Crippen LogP contribution in [0.2, 0.25) is 0 Å². The number of aromatic nitrogens is 3. The number of hydrogen-bond acceptors (Lipinski definition) is 3. The van der Waals surface area contributed by atoms with Gasteiger partial charge in [-0.15, -0.1) is 10.2 Å². The average Bonchev–Trinajstić information content (AvgIpc) is 2.96. The number of hydrogen-bond donors (Lipinski definition) is 1. The van der Waals surface area contributed by atoms with Gasteiger partial charge in [0.2, 0.25) is 0 Å². The number of likely N-dealkylation sites (tertiary alicyclic amines) is 1. The molecule has 0 radical (unpaired) electrons. The van der Waals surface area contributed by atoms with Crippen LogP contribution >= 0.6 is 0 Å². The maximum absolute atomic E-state index is 4.82. The zero-order valence-corrected chi connectivity index (χ0v) is 13.9. The Morgan fingerprint density at radius 1 is 1.23 bits per heavy atom. The first-order chi connectivity index (χ1) is 10.8. The Hall–Kier alpha value is -1.59. The molecule has 0 saturated carbocycles. The van der Waals surface area contributed by atoms with Crippen LogP contribution in [0.25, 0.3) is 0 Å². The Morgan fingerprint density at radius 3 is 2.82 bits per heavy atom. The van der Waals surface area contributed by atoms with E-state index in [9.17, 15) is 0 Å². The van der Waals surface area contributed by atoms with Crippen LogP contribution in [-0.2, 0) is 19.5 Å². The molecule has 22 heavy (non-hydrogen) atoms. The zero-order chi connectivity index (χ0) is 15.4. The van der Waals surface area contributed by atoms with Gasteiger partial charge in [0, 0.05) is 32.6 Å². The first-order valence-corrected chi connectivity index (χ1v) is 8.72. The summed E-state index contributed by atoms with van der Waals surface area (Å²) in [6, 6.07) is 0. The fraction of sp³-hybridized carbons (Fsp3) is 0.812. The summed E-state index contributed by atoms with van der Waals surface area (Å²) < 4.78 is 2.26. The van der Waals surface area contributed by atoms with Crippen LogP contribution in [0.15, 0.2) is 4.99 Å². The maximum Gasteiger partial charge on any atom is 0.194 e. The summed E-state index contributed by atoms with van der Waals surface area (Å²) in [5, 5.41) is 12.1. The molecule has 6 heteroatoms. The lowest BCUT2D eigenvalue weighted by molar-refractivity contribution is 0.273. The summed E-state index contributed by atoms with van der Waals surface area (Å²) in [7, 11) is 0. The van der Waals surface area contributed by atoms with Gasteiger partial charge in [0.05, 0.1) is 0 Å². The first kappa shape index (κ1) is 15.3. The predicted molar refractivity (Wildman–Crippen MR) is 87.7 cm³/mol. The van der Waals surface area contributed by atoms with Gasteiger partial charge >= 0.3 is 0 Å². The predicted octanol–water partition coefficient (Wildman–Crippen LogP) is 1.81. The second-order valence-corrected chi connectivity index (χ2v) is 6.48. The molecule has 1 fully saturated rings. The number of guanidine groups is 1. The highest BCUT2D eigenvalue weighted by molar-refractivity contribution is 5.80. The van der Waals surface area contributed by atoms with E-state index in [-0.39, 0.29) is 0 Å². The molecule has 2 aliphatic heterocycles. The molecule has 3 heterocycles. The van der Waals surface area contributed by atoms with Crippen molar-refractivity contribution in [2.45, 2.75) is 59.0 Å². The standard InChI is InChI=1S/C16H28N6/c1-3-17-16(21-10-7-13(2)8-11-21)18-12-15-20-19-14-6-4-5-9-22(14)15/h13H,3-12H2,1-2H3,(H,17,18). The third-order valence-electron chi connectivity index (χ3n) is 4.72. The minimum Gasteiger partial charge on any atom is -0.357 e. The molecular weight excluding hydrogens is 276 g/mol. The molecule has 0 aliphatic carbocycles. The molecule has 1 aromatic rings. The Bertz CT molecular complexity index is 513. The monoisotopic (exact) mass is 304 g/mol. The van der Waals surface area contributed by atoms with Crippen molar-refractivity contribution in [2.75, 3.05) is 19.6 Å². The van der Waals surface area contributed by atoms with Crippen molar-refractivity contribution in [3.05, 3.63) is 11.6 Å². The number of piperidine rings is 1. The molecule has 0 aromatic carbocycles. The minimum absolute atomic E-state index is 0.626. The summed E-state index contributed by atoms with van der Waals surface area (Å²) in [6.07, 6.45) is 6.03. The van der Waals surface area contributed by atoms with Crippen molar-refractivity contribution in [1.82, 2.24) is 25.0 Å². The molecule has 122 valence electrons. The van der Waals surface area contributed by atoms with Crippen LogP contribution in [-0.4, -0.2) is 45.3 Å². The maximum atomic E-state index is 4.82. The molecule has 0 bridgehead atoms. The molecule has 1 N–H and O–H groups in total. The van der Waals surface area contributed by atoms with E-state index in [0.717, 1.165) is 56.1 Å². The Balaban J connectivity index is 1.69. The smallest absolute Gasteiger partial charge is 0.194 e. The fourth-order valence-electron chi connectivity index (χ4n) is 3.28. The molecule has 0 spiro atoms. The van der Waals surface area contributed by atoms with Crippen molar-refractivity contribution < 1.29 is 0 Å². The Labute approximate surface area is 133 Å². The van der Waals surface area contributed by atoms with Gasteiger partial charge in [0.15, 0.2) is 11.8 Å². The number of nitrogens with zero attached hydrogens (tertiary/aromatic N) is 5. The van der Waals surface area contributed by atoms with Gasteiger partial charge in [0.25, 0.3) is 0 Å². The van der Waals surface area contributed by atoms with Crippen LogP contribution in [0.4, 0.5) is 0 Å². The third-order valence-corrected chi connectivity index (χ3v) is 4.72. The number of fused-ring (bicyclic) bond motifs is 1. The largest absolute Gasteiger partial charge is 0.357 e. The van der Waals surface area contributed by atoms with E-state index in [4.69, 9.17) is 4.99 Å². The number of rotatable bonds is 3. The quantitative estimate of drug-likeness (QED) is 0.683. The molecular formula is C16H28N6. The van der Waals surface area contributed by atoms with Gasteiger partial charge < -0.3 is 14.8 Å². The van der Waals surface area contributed by atoms with Gasteiger partial charge in [-0.3, -0.25) is 0 Å². The van der Waals surface area contributed by atoms with Gasteiger partial charge in [-0.1, -0.05) is 6.92 Å². The van der Waals surface area contributed by atoms with Gasteiger partial charge in [-0.05, 0) is 38.5 Å². The fourth-order valence-corrected chi connectivity index (χ4v) is 3.28. The zero-order valence-electron chi connectivity index (χ0n) is 13.9. The molecule has 3 rings (SSSR count). The van der Waals surface area contributed by atoms with E-state index in [0.29, 0.717) is 6.54 Å². The molecule has 1 saturated heterocycles. The summed E-state index contributed by atoms with van der Waals surface area (Å²) in [6.45, 7) is 9.25. The van der Waals surface area contributed by atoms with Crippen LogP contribution < -0.4 is 5.32 Å². The number of nitrogens with one attached hydrogen (secondary N) is 1. The molecule has 2 aliphatic rings.